The summed E-state index contributed by atoms with van der Waals surface area (Å²) in [6, 6.07) is 11.1. The highest BCUT2D eigenvalue weighted by atomic mass is 32.2. The zero-order chi connectivity index (χ0) is 20.9. The first-order valence-electron chi connectivity index (χ1n) is 10.3. The number of imidazole rings is 1. The molecule has 2 heterocycles. The van der Waals surface area contributed by atoms with Gasteiger partial charge in [0.2, 0.25) is 0 Å². The van der Waals surface area contributed by atoms with Gasteiger partial charge in [0.15, 0.2) is 5.16 Å². The lowest BCUT2D eigenvalue weighted by Crippen LogP contribution is -2.15. The normalized spacial score (nSPS) is 14.4. The van der Waals surface area contributed by atoms with E-state index in [9.17, 15) is 4.39 Å². The minimum absolute atomic E-state index is 0.254. The van der Waals surface area contributed by atoms with Crippen molar-refractivity contribution in [1.82, 2.24) is 14.5 Å². The number of thioether (sulfide) groups is 1. The first-order valence-corrected chi connectivity index (χ1v) is 11.5. The summed E-state index contributed by atoms with van der Waals surface area (Å²) in [6.45, 7) is 1.27. The summed E-state index contributed by atoms with van der Waals surface area (Å²) in [6.07, 6.45) is 8.78. The standard InChI is InChI=1S/C23H27FN4OS/c1-29-14-13-28-22(17-11-12-25-20(15-17)26-19-5-3-4-6-19)21(27-23(28)30-2)16-7-9-18(24)10-8-16/h7-12,15,19H,3-6,13-14H2,1-2H3,(H,25,26). The Morgan fingerprint density at radius 3 is 2.63 bits per heavy atom. The number of aromatic nitrogens is 3. The minimum atomic E-state index is -0.254. The quantitative estimate of drug-likeness (QED) is 0.484. The Morgan fingerprint density at radius 1 is 1.17 bits per heavy atom. The predicted octanol–water partition coefficient (Wildman–Crippen LogP) is 5.47. The summed E-state index contributed by atoms with van der Waals surface area (Å²) in [5.74, 6) is 0.630. The number of halogens is 1. The summed E-state index contributed by atoms with van der Waals surface area (Å²) >= 11 is 1.59. The van der Waals surface area contributed by atoms with Gasteiger partial charge < -0.3 is 14.6 Å². The number of pyridine rings is 1. The maximum Gasteiger partial charge on any atom is 0.168 e. The van der Waals surface area contributed by atoms with E-state index in [2.05, 4.69) is 20.9 Å². The maximum atomic E-state index is 13.5. The molecule has 3 aromatic rings. The molecule has 0 unspecified atom stereocenters. The van der Waals surface area contributed by atoms with Crippen molar-refractivity contribution in [3.05, 3.63) is 48.4 Å². The van der Waals surface area contributed by atoms with E-state index in [0.717, 1.165) is 33.5 Å². The molecule has 158 valence electrons. The first-order chi connectivity index (χ1) is 14.7. The van der Waals surface area contributed by atoms with Crippen molar-refractivity contribution in [2.45, 2.75) is 43.4 Å². The van der Waals surface area contributed by atoms with Crippen LogP contribution in [0.15, 0.2) is 47.8 Å². The van der Waals surface area contributed by atoms with Crippen molar-refractivity contribution in [2.24, 2.45) is 0 Å². The van der Waals surface area contributed by atoms with Crippen molar-refractivity contribution in [2.75, 3.05) is 25.3 Å². The monoisotopic (exact) mass is 426 g/mol. The molecule has 0 aliphatic heterocycles. The average molecular weight is 427 g/mol. The fourth-order valence-electron chi connectivity index (χ4n) is 4.02. The van der Waals surface area contributed by atoms with E-state index in [-0.39, 0.29) is 5.82 Å². The van der Waals surface area contributed by atoms with Crippen molar-refractivity contribution in [3.8, 4) is 22.5 Å². The van der Waals surface area contributed by atoms with E-state index in [1.807, 2.05) is 18.5 Å². The van der Waals surface area contributed by atoms with E-state index in [1.54, 1.807) is 31.0 Å². The van der Waals surface area contributed by atoms with Crippen LogP contribution in [-0.2, 0) is 11.3 Å². The van der Waals surface area contributed by atoms with Gasteiger partial charge in [-0.1, -0.05) is 24.6 Å². The van der Waals surface area contributed by atoms with Gasteiger partial charge in [0.05, 0.1) is 18.0 Å². The number of anilines is 1. The molecule has 5 nitrogen and oxygen atoms in total. The van der Waals surface area contributed by atoms with Gasteiger partial charge in [-0.2, -0.15) is 0 Å². The van der Waals surface area contributed by atoms with Gasteiger partial charge in [0.25, 0.3) is 0 Å². The molecule has 1 saturated carbocycles. The number of nitrogens with one attached hydrogen (secondary N) is 1. The Kier molecular flexibility index (Phi) is 6.69. The molecule has 0 radical (unpaired) electrons. The van der Waals surface area contributed by atoms with Crippen LogP contribution in [-0.4, -0.2) is 40.5 Å². The number of ether oxygens (including phenoxy) is 1. The number of hydrogen-bond acceptors (Lipinski definition) is 5. The third-order valence-corrected chi connectivity index (χ3v) is 6.17. The number of rotatable bonds is 8. The van der Waals surface area contributed by atoms with Gasteiger partial charge in [0.1, 0.15) is 11.6 Å². The van der Waals surface area contributed by atoms with Crippen molar-refractivity contribution >= 4 is 17.6 Å². The first kappa shape index (κ1) is 20.9. The molecule has 0 amide bonds. The zero-order valence-electron chi connectivity index (χ0n) is 17.4. The Balaban J connectivity index is 1.79. The second kappa shape index (κ2) is 9.62. The third kappa shape index (κ3) is 4.52. The van der Waals surface area contributed by atoms with Crippen LogP contribution in [0.1, 0.15) is 25.7 Å². The Labute approximate surface area is 181 Å². The Morgan fingerprint density at radius 2 is 1.93 bits per heavy atom. The van der Waals surface area contributed by atoms with E-state index >= 15 is 0 Å². The largest absolute Gasteiger partial charge is 0.383 e. The van der Waals surface area contributed by atoms with E-state index < -0.39 is 0 Å². The fourth-order valence-corrected chi connectivity index (χ4v) is 4.60. The minimum Gasteiger partial charge on any atom is -0.383 e. The fraction of sp³-hybridized carbons (Fsp3) is 0.391. The van der Waals surface area contributed by atoms with Crippen LogP contribution in [0.3, 0.4) is 0 Å². The molecule has 0 atom stereocenters. The smallest absolute Gasteiger partial charge is 0.168 e. The molecular weight excluding hydrogens is 399 g/mol. The van der Waals surface area contributed by atoms with Crippen LogP contribution in [0, 0.1) is 5.82 Å². The summed E-state index contributed by atoms with van der Waals surface area (Å²) in [4.78, 5) is 9.44. The van der Waals surface area contributed by atoms with Gasteiger partial charge in [-0.05, 0) is 55.5 Å². The summed E-state index contributed by atoms with van der Waals surface area (Å²) in [5.41, 5.74) is 3.77. The second-order valence-corrected chi connectivity index (χ2v) is 8.28. The lowest BCUT2D eigenvalue weighted by Gasteiger charge is -2.15. The lowest BCUT2D eigenvalue weighted by molar-refractivity contribution is 0.185. The maximum absolute atomic E-state index is 13.5. The van der Waals surface area contributed by atoms with Crippen LogP contribution < -0.4 is 5.32 Å². The second-order valence-electron chi connectivity index (χ2n) is 7.50. The highest BCUT2D eigenvalue weighted by Gasteiger charge is 2.21. The van der Waals surface area contributed by atoms with Gasteiger partial charge >= 0.3 is 0 Å². The molecule has 2 aromatic heterocycles. The van der Waals surface area contributed by atoms with Crippen LogP contribution in [0.25, 0.3) is 22.5 Å². The topological polar surface area (TPSA) is 52.0 Å². The summed E-state index contributed by atoms with van der Waals surface area (Å²) in [7, 11) is 1.70. The van der Waals surface area contributed by atoms with Gasteiger partial charge in [-0.25, -0.2) is 14.4 Å². The zero-order valence-corrected chi connectivity index (χ0v) is 18.2. The molecule has 1 N–H and O–H groups in total. The van der Waals surface area contributed by atoms with Crippen LogP contribution in [0.5, 0.6) is 0 Å². The average Bonchev–Trinajstić information content (AvgIpc) is 3.40. The van der Waals surface area contributed by atoms with Crippen LogP contribution >= 0.6 is 11.8 Å². The lowest BCUT2D eigenvalue weighted by atomic mass is 10.1. The van der Waals surface area contributed by atoms with E-state index in [1.165, 1.54) is 37.8 Å². The van der Waals surface area contributed by atoms with Crippen LogP contribution in [0.4, 0.5) is 10.2 Å². The number of benzene rings is 1. The molecule has 0 saturated heterocycles. The Hall–Kier alpha value is -2.38. The SMILES string of the molecule is COCCn1c(SC)nc(-c2ccc(F)cc2)c1-c1ccnc(NC2CCCC2)c1. The van der Waals surface area contributed by atoms with E-state index in [0.29, 0.717) is 19.2 Å². The van der Waals surface area contributed by atoms with Gasteiger partial charge in [-0.15, -0.1) is 0 Å². The molecule has 1 aliphatic carbocycles. The third-order valence-electron chi connectivity index (χ3n) is 5.49. The molecule has 4 rings (SSSR count). The number of methoxy groups -OCH3 is 1. The van der Waals surface area contributed by atoms with Crippen molar-refractivity contribution < 1.29 is 9.13 Å². The van der Waals surface area contributed by atoms with E-state index in [4.69, 9.17) is 9.72 Å². The van der Waals surface area contributed by atoms with Gasteiger partial charge in [0, 0.05) is 37.0 Å². The van der Waals surface area contributed by atoms with Gasteiger partial charge in [-0.3, -0.25) is 0 Å². The van der Waals surface area contributed by atoms with Crippen molar-refractivity contribution in [1.29, 1.82) is 0 Å². The molecule has 30 heavy (non-hydrogen) atoms. The molecule has 1 fully saturated rings. The molecular formula is C23H27FN4OS. The highest BCUT2D eigenvalue weighted by Crippen LogP contribution is 2.36. The summed E-state index contributed by atoms with van der Waals surface area (Å²) < 4.78 is 21.1. The van der Waals surface area contributed by atoms with Crippen molar-refractivity contribution in [3.63, 3.8) is 0 Å². The molecule has 0 bridgehead atoms. The van der Waals surface area contributed by atoms with Crippen LogP contribution in [0.2, 0.25) is 0 Å². The number of hydrogen-bond donors (Lipinski definition) is 1. The molecule has 1 aliphatic rings. The molecule has 7 heteroatoms. The molecule has 1 aromatic carbocycles. The number of nitrogens with zero attached hydrogens (tertiary/aromatic N) is 3. The summed E-state index contributed by atoms with van der Waals surface area (Å²) in [5, 5.41) is 4.49. The molecule has 0 spiro atoms. The highest BCUT2D eigenvalue weighted by molar-refractivity contribution is 7.98. The Bertz CT molecular complexity index is 983. The predicted molar refractivity (Wildman–Crippen MR) is 120 cm³/mol.